The van der Waals surface area contributed by atoms with Gasteiger partial charge in [0.05, 0.1) is 0 Å². The number of aromatic hydroxyl groups is 1. The second-order valence-corrected chi connectivity index (χ2v) is 10.2. The molecule has 0 spiro atoms. The molecule has 3 rings (SSSR count). The molecule has 33 heavy (non-hydrogen) atoms. The first kappa shape index (κ1) is 25.6. The van der Waals surface area contributed by atoms with Crippen LogP contribution in [0.25, 0.3) is 10.9 Å². The molecule has 0 radical (unpaired) electrons. The summed E-state index contributed by atoms with van der Waals surface area (Å²) in [6, 6.07) is 12.0. The van der Waals surface area contributed by atoms with Crippen molar-refractivity contribution in [2.45, 2.75) is 63.8 Å². The third-order valence-electron chi connectivity index (χ3n) is 5.93. The molecule has 4 N–H and O–H groups in total. The molecular formula is C25H30BrF3N2O2. The third-order valence-corrected chi connectivity index (χ3v) is 6.42. The van der Waals surface area contributed by atoms with E-state index in [4.69, 9.17) is 0 Å². The number of fused-ring (bicyclic) bond motifs is 1. The first-order chi connectivity index (χ1) is 15.3. The van der Waals surface area contributed by atoms with Gasteiger partial charge in [-0.25, -0.2) is 0 Å². The maximum Gasteiger partial charge on any atom is 0.417 e. The summed E-state index contributed by atoms with van der Waals surface area (Å²) in [5.41, 5.74) is -1.74. The molecule has 0 aliphatic carbocycles. The van der Waals surface area contributed by atoms with Gasteiger partial charge in [0.1, 0.15) is 5.75 Å². The van der Waals surface area contributed by atoms with Crippen LogP contribution in [0.5, 0.6) is 5.75 Å². The number of phenolic OH excluding ortho intramolecular Hbond substituents is 1. The summed E-state index contributed by atoms with van der Waals surface area (Å²) in [5.74, 6) is -0.109. The fraction of sp³-hybridized carbons (Fsp3) is 0.440. The molecular weight excluding hydrogens is 497 g/mol. The van der Waals surface area contributed by atoms with Crippen molar-refractivity contribution in [3.8, 4) is 5.75 Å². The van der Waals surface area contributed by atoms with E-state index in [2.05, 4.69) is 33.2 Å². The average molecular weight is 527 g/mol. The Labute approximate surface area is 200 Å². The maximum absolute atomic E-state index is 14.2. The van der Waals surface area contributed by atoms with Crippen molar-refractivity contribution < 1.29 is 23.4 Å². The number of aromatic amines is 1. The van der Waals surface area contributed by atoms with E-state index < -0.39 is 30.0 Å². The summed E-state index contributed by atoms with van der Waals surface area (Å²) >= 11 is 3.30. The van der Waals surface area contributed by atoms with Crippen LogP contribution < -0.4 is 5.32 Å². The van der Waals surface area contributed by atoms with Crippen molar-refractivity contribution in [2.75, 3.05) is 6.54 Å². The summed E-state index contributed by atoms with van der Waals surface area (Å²) in [6.07, 6.45) is -5.08. The smallest absolute Gasteiger partial charge is 0.417 e. The lowest BCUT2D eigenvalue weighted by molar-refractivity contribution is -0.266. The van der Waals surface area contributed by atoms with Crippen LogP contribution in [0.1, 0.15) is 50.4 Å². The first-order valence-electron chi connectivity index (χ1n) is 10.9. The van der Waals surface area contributed by atoms with Crippen LogP contribution in [-0.4, -0.2) is 33.5 Å². The van der Waals surface area contributed by atoms with Gasteiger partial charge in [0.15, 0.2) is 5.60 Å². The fourth-order valence-electron chi connectivity index (χ4n) is 4.31. The number of aliphatic hydroxyl groups is 1. The van der Waals surface area contributed by atoms with Crippen molar-refractivity contribution in [3.05, 3.63) is 63.8 Å². The topological polar surface area (TPSA) is 68.3 Å². The standard InChI is InChI=1S/C25H30BrF3N2O2/c1-4-9-30-14-16-5-7-21-17(10-16)11-19(31-21)13-24(33,25(27,28)29)15-23(2,3)20-12-18(26)6-8-22(20)32/h5-8,10-12,30-33H,4,9,13-15H2,1-3H3. The minimum atomic E-state index is -4.86. The van der Waals surface area contributed by atoms with Crippen LogP contribution >= 0.6 is 15.9 Å². The number of benzene rings is 2. The van der Waals surface area contributed by atoms with E-state index in [0.717, 1.165) is 29.4 Å². The molecule has 180 valence electrons. The van der Waals surface area contributed by atoms with Crippen LogP contribution in [-0.2, 0) is 18.4 Å². The van der Waals surface area contributed by atoms with E-state index in [-0.39, 0.29) is 5.75 Å². The summed E-state index contributed by atoms with van der Waals surface area (Å²) < 4.78 is 43.1. The van der Waals surface area contributed by atoms with Gasteiger partial charge in [0.25, 0.3) is 0 Å². The van der Waals surface area contributed by atoms with Crippen LogP contribution in [0.3, 0.4) is 0 Å². The Bertz CT molecular complexity index is 1110. The number of aromatic nitrogens is 1. The highest BCUT2D eigenvalue weighted by atomic mass is 79.9. The van der Waals surface area contributed by atoms with Crippen molar-refractivity contribution >= 4 is 26.8 Å². The summed E-state index contributed by atoms with van der Waals surface area (Å²) in [5, 5.41) is 25.3. The predicted molar refractivity (Wildman–Crippen MR) is 128 cm³/mol. The monoisotopic (exact) mass is 526 g/mol. The Balaban J connectivity index is 1.90. The molecule has 0 aliphatic rings. The number of alkyl halides is 3. The quantitative estimate of drug-likeness (QED) is 0.246. The van der Waals surface area contributed by atoms with Gasteiger partial charge >= 0.3 is 6.18 Å². The van der Waals surface area contributed by atoms with Gasteiger partial charge in [-0.2, -0.15) is 13.2 Å². The predicted octanol–water partition coefficient (Wildman–Crippen LogP) is 6.34. The molecule has 8 heteroatoms. The molecule has 0 amide bonds. The zero-order valence-electron chi connectivity index (χ0n) is 19.0. The van der Waals surface area contributed by atoms with Gasteiger partial charge in [-0.3, -0.25) is 0 Å². The summed E-state index contributed by atoms with van der Waals surface area (Å²) in [6.45, 7) is 6.83. The lowest BCUT2D eigenvalue weighted by Gasteiger charge is -2.38. The van der Waals surface area contributed by atoms with Gasteiger partial charge in [0, 0.05) is 34.2 Å². The highest BCUT2D eigenvalue weighted by molar-refractivity contribution is 9.10. The Morgan fingerprint density at radius 3 is 2.45 bits per heavy atom. The fourth-order valence-corrected chi connectivity index (χ4v) is 4.67. The Kier molecular flexibility index (Phi) is 7.51. The number of phenols is 1. The zero-order chi connectivity index (χ0) is 24.4. The van der Waals surface area contributed by atoms with Crippen LogP contribution in [0.4, 0.5) is 13.2 Å². The summed E-state index contributed by atoms with van der Waals surface area (Å²) in [7, 11) is 0. The van der Waals surface area contributed by atoms with Gasteiger partial charge < -0.3 is 20.5 Å². The van der Waals surface area contributed by atoms with Crippen LogP contribution in [0.15, 0.2) is 46.9 Å². The Morgan fingerprint density at radius 2 is 1.79 bits per heavy atom. The van der Waals surface area contributed by atoms with Crippen LogP contribution in [0, 0.1) is 0 Å². The maximum atomic E-state index is 14.2. The van der Waals surface area contributed by atoms with E-state index >= 15 is 0 Å². The van der Waals surface area contributed by atoms with E-state index in [1.807, 2.05) is 18.2 Å². The molecule has 0 saturated carbocycles. The number of hydrogen-bond acceptors (Lipinski definition) is 3. The molecule has 0 fully saturated rings. The zero-order valence-corrected chi connectivity index (χ0v) is 20.6. The minimum absolute atomic E-state index is 0.109. The number of hydrogen-bond donors (Lipinski definition) is 4. The molecule has 0 bridgehead atoms. The Hall–Kier alpha value is -2.03. The van der Waals surface area contributed by atoms with Gasteiger partial charge in [0.2, 0.25) is 0 Å². The molecule has 1 atom stereocenters. The van der Waals surface area contributed by atoms with Gasteiger partial charge in [-0.1, -0.05) is 42.8 Å². The molecule has 2 aromatic carbocycles. The first-order valence-corrected chi connectivity index (χ1v) is 11.7. The van der Waals surface area contributed by atoms with Crippen molar-refractivity contribution in [1.82, 2.24) is 10.3 Å². The second kappa shape index (κ2) is 9.68. The molecule has 1 heterocycles. The lowest BCUT2D eigenvalue weighted by atomic mass is 9.73. The average Bonchev–Trinajstić information content (AvgIpc) is 3.09. The molecule has 1 unspecified atom stereocenters. The normalized spacial score (nSPS) is 14.5. The molecule has 3 aromatic rings. The summed E-state index contributed by atoms with van der Waals surface area (Å²) in [4.78, 5) is 3.03. The SMILES string of the molecule is CCCNCc1ccc2[nH]c(CC(O)(CC(C)(C)c3cc(Br)ccc3O)C(F)(F)F)cc2c1. The van der Waals surface area contributed by atoms with E-state index in [9.17, 15) is 23.4 Å². The molecule has 4 nitrogen and oxygen atoms in total. The number of rotatable bonds is 9. The number of halogens is 4. The number of nitrogens with one attached hydrogen (secondary N) is 2. The lowest BCUT2D eigenvalue weighted by Crippen LogP contribution is -2.50. The molecule has 1 aromatic heterocycles. The largest absolute Gasteiger partial charge is 0.508 e. The third kappa shape index (κ3) is 5.91. The van der Waals surface area contributed by atoms with Gasteiger partial charge in [-0.15, -0.1) is 0 Å². The second-order valence-electron chi connectivity index (χ2n) is 9.32. The Morgan fingerprint density at radius 1 is 1.06 bits per heavy atom. The van der Waals surface area contributed by atoms with E-state index in [1.54, 1.807) is 32.0 Å². The highest BCUT2D eigenvalue weighted by Gasteiger charge is 2.56. The van der Waals surface area contributed by atoms with E-state index in [0.29, 0.717) is 22.3 Å². The minimum Gasteiger partial charge on any atom is -0.508 e. The van der Waals surface area contributed by atoms with E-state index in [1.165, 1.54) is 6.07 Å². The van der Waals surface area contributed by atoms with Crippen LogP contribution in [0.2, 0.25) is 0 Å². The van der Waals surface area contributed by atoms with Crippen molar-refractivity contribution in [3.63, 3.8) is 0 Å². The van der Waals surface area contributed by atoms with Crippen molar-refractivity contribution in [1.29, 1.82) is 0 Å². The highest BCUT2D eigenvalue weighted by Crippen LogP contribution is 2.45. The van der Waals surface area contributed by atoms with Gasteiger partial charge in [-0.05, 0) is 72.1 Å². The molecule has 0 saturated heterocycles. The van der Waals surface area contributed by atoms with Crippen molar-refractivity contribution in [2.24, 2.45) is 0 Å². The number of H-pyrrole nitrogens is 1. The molecule has 0 aliphatic heterocycles.